The number of rotatable bonds is 7. The van der Waals surface area contributed by atoms with Crippen LogP contribution in [-0.2, 0) is 0 Å². The van der Waals surface area contributed by atoms with E-state index < -0.39 is 0 Å². The van der Waals surface area contributed by atoms with Crippen LogP contribution in [0.25, 0.3) is 0 Å². The molecular formula is C20H24BrNO3. The van der Waals surface area contributed by atoms with E-state index in [1.54, 1.807) is 18.2 Å². The fourth-order valence-electron chi connectivity index (χ4n) is 2.14. The average Bonchev–Trinajstić information content (AvgIpc) is 2.54. The fraction of sp³-hybridized carbons (Fsp3) is 0.350. The minimum atomic E-state index is -0.198. The second kappa shape index (κ2) is 8.90. The van der Waals surface area contributed by atoms with E-state index in [0.29, 0.717) is 29.5 Å². The molecule has 2 rings (SSSR count). The number of benzene rings is 2. The summed E-state index contributed by atoms with van der Waals surface area (Å²) in [5.74, 6) is 1.62. The van der Waals surface area contributed by atoms with Gasteiger partial charge in [-0.15, -0.1) is 0 Å². The second-order valence-electron chi connectivity index (χ2n) is 6.47. The van der Waals surface area contributed by atoms with Crippen molar-refractivity contribution in [2.75, 3.05) is 11.9 Å². The minimum absolute atomic E-state index is 0.0320. The third-order valence-corrected chi connectivity index (χ3v) is 3.88. The summed E-state index contributed by atoms with van der Waals surface area (Å²) in [4.78, 5) is 12.6. The summed E-state index contributed by atoms with van der Waals surface area (Å²) in [7, 11) is 0. The van der Waals surface area contributed by atoms with Crippen LogP contribution in [0.2, 0.25) is 0 Å². The quantitative estimate of drug-likeness (QED) is 0.658. The lowest BCUT2D eigenvalue weighted by Crippen LogP contribution is -2.14. The molecule has 0 aliphatic rings. The number of carbonyl (C=O) groups excluding carboxylic acids is 1. The first-order valence-electron chi connectivity index (χ1n) is 8.36. The Hall–Kier alpha value is -2.01. The summed E-state index contributed by atoms with van der Waals surface area (Å²) < 4.78 is 12.2. The van der Waals surface area contributed by atoms with Gasteiger partial charge in [0.2, 0.25) is 0 Å². The fourth-order valence-corrected chi connectivity index (χ4v) is 2.63. The first kappa shape index (κ1) is 19.3. The Morgan fingerprint density at radius 3 is 2.44 bits per heavy atom. The molecule has 0 aromatic heterocycles. The molecule has 1 amide bonds. The van der Waals surface area contributed by atoms with E-state index in [0.717, 1.165) is 10.2 Å². The smallest absolute Gasteiger partial charge is 0.255 e. The van der Waals surface area contributed by atoms with Crippen molar-refractivity contribution in [2.45, 2.75) is 33.8 Å². The van der Waals surface area contributed by atoms with E-state index in [2.05, 4.69) is 35.1 Å². The highest BCUT2D eigenvalue weighted by Crippen LogP contribution is 2.28. The van der Waals surface area contributed by atoms with Crippen molar-refractivity contribution in [3.8, 4) is 11.5 Å². The van der Waals surface area contributed by atoms with Gasteiger partial charge in [-0.25, -0.2) is 0 Å². The van der Waals surface area contributed by atoms with Crippen LogP contribution in [0, 0.1) is 5.92 Å². The van der Waals surface area contributed by atoms with Gasteiger partial charge in [-0.1, -0.05) is 26.0 Å². The number of anilines is 1. The molecule has 25 heavy (non-hydrogen) atoms. The first-order valence-corrected chi connectivity index (χ1v) is 9.15. The molecule has 0 bridgehead atoms. The molecule has 0 heterocycles. The van der Waals surface area contributed by atoms with Crippen molar-refractivity contribution < 1.29 is 14.3 Å². The van der Waals surface area contributed by atoms with E-state index in [4.69, 9.17) is 9.47 Å². The van der Waals surface area contributed by atoms with Crippen LogP contribution in [-0.4, -0.2) is 18.6 Å². The van der Waals surface area contributed by atoms with Gasteiger partial charge in [0.15, 0.2) is 0 Å². The Morgan fingerprint density at radius 1 is 1.08 bits per heavy atom. The van der Waals surface area contributed by atoms with E-state index >= 15 is 0 Å². The Balaban J connectivity index is 2.12. The van der Waals surface area contributed by atoms with Gasteiger partial charge in [-0.2, -0.15) is 0 Å². The highest BCUT2D eigenvalue weighted by atomic mass is 79.9. The largest absolute Gasteiger partial charge is 0.492 e. The zero-order chi connectivity index (χ0) is 18.4. The van der Waals surface area contributed by atoms with Crippen LogP contribution in [0.4, 0.5) is 5.69 Å². The number of nitrogens with one attached hydrogen (secondary N) is 1. The zero-order valence-corrected chi connectivity index (χ0v) is 16.6. The molecular weight excluding hydrogens is 382 g/mol. The van der Waals surface area contributed by atoms with Gasteiger partial charge in [-0.05, 0) is 66.0 Å². The van der Waals surface area contributed by atoms with E-state index in [9.17, 15) is 4.79 Å². The Bertz CT molecular complexity index is 729. The molecule has 0 aliphatic carbocycles. The van der Waals surface area contributed by atoms with Crippen LogP contribution in [0.15, 0.2) is 46.9 Å². The zero-order valence-electron chi connectivity index (χ0n) is 15.0. The van der Waals surface area contributed by atoms with Crippen LogP contribution < -0.4 is 14.8 Å². The molecule has 0 atom stereocenters. The van der Waals surface area contributed by atoms with Gasteiger partial charge in [0.05, 0.1) is 22.9 Å². The van der Waals surface area contributed by atoms with E-state index in [-0.39, 0.29) is 12.0 Å². The molecule has 5 heteroatoms. The van der Waals surface area contributed by atoms with Crippen LogP contribution in [0.3, 0.4) is 0 Å². The predicted octanol–water partition coefficient (Wildman–Crippen LogP) is 5.52. The molecule has 0 fully saturated rings. The lowest BCUT2D eigenvalue weighted by atomic mass is 10.2. The molecule has 1 N–H and O–H groups in total. The normalized spacial score (nSPS) is 10.8. The van der Waals surface area contributed by atoms with Gasteiger partial charge in [0.25, 0.3) is 5.91 Å². The topological polar surface area (TPSA) is 47.6 Å². The number of halogens is 1. The van der Waals surface area contributed by atoms with Crippen LogP contribution in [0.1, 0.15) is 38.1 Å². The van der Waals surface area contributed by atoms with Gasteiger partial charge >= 0.3 is 0 Å². The van der Waals surface area contributed by atoms with Gasteiger partial charge in [-0.3, -0.25) is 4.79 Å². The number of para-hydroxylation sites is 2. The van der Waals surface area contributed by atoms with Crippen molar-refractivity contribution >= 4 is 27.5 Å². The van der Waals surface area contributed by atoms with Crippen molar-refractivity contribution in [2.24, 2.45) is 5.92 Å². The Labute approximate surface area is 157 Å². The van der Waals surface area contributed by atoms with Gasteiger partial charge < -0.3 is 14.8 Å². The average molecular weight is 406 g/mol. The summed E-state index contributed by atoms with van der Waals surface area (Å²) in [5, 5.41) is 2.90. The third-order valence-electron chi connectivity index (χ3n) is 3.26. The standard InChI is InChI=1S/C20H24BrNO3/c1-13(2)12-24-18-10-9-15(11-16(18)21)20(23)22-17-7-5-6-8-19(17)25-14(3)4/h5-11,13-14H,12H2,1-4H3,(H,22,23). The third kappa shape index (κ3) is 5.78. The van der Waals surface area contributed by atoms with Crippen molar-refractivity contribution in [1.82, 2.24) is 0 Å². The molecule has 2 aromatic carbocycles. The Kier molecular flexibility index (Phi) is 6.88. The van der Waals surface area contributed by atoms with Crippen molar-refractivity contribution in [3.63, 3.8) is 0 Å². The number of ether oxygens (including phenoxy) is 2. The molecule has 4 nitrogen and oxygen atoms in total. The molecule has 0 aliphatic heterocycles. The summed E-state index contributed by atoms with van der Waals surface area (Å²) in [6.45, 7) is 8.71. The lowest BCUT2D eigenvalue weighted by molar-refractivity contribution is 0.102. The highest BCUT2D eigenvalue weighted by Gasteiger charge is 2.13. The van der Waals surface area contributed by atoms with E-state index in [1.807, 2.05) is 38.1 Å². The van der Waals surface area contributed by atoms with Crippen LogP contribution in [0.5, 0.6) is 11.5 Å². The predicted molar refractivity (Wildman–Crippen MR) is 105 cm³/mol. The Morgan fingerprint density at radius 2 is 1.80 bits per heavy atom. The second-order valence-corrected chi connectivity index (χ2v) is 7.32. The summed E-state index contributed by atoms with van der Waals surface area (Å²) in [6.07, 6.45) is 0.0320. The van der Waals surface area contributed by atoms with Crippen molar-refractivity contribution in [3.05, 3.63) is 52.5 Å². The molecule has 0 saturated carbocycles. The maximum absolute atomic E-state index is 12.6. The maximum Gasteiger partial charge on any atom is 0.255 e. The summed E-state index contributed by atoms with van der Waals surface area (Å²) in [6, 6.07) is 12.7. The number of hydrogen-bond acceptors (Lipinski definition) is 3. The molecule has 0 unspecified atom stereocenters. The molecule has 0 saturated heterocycles. The van der Waals surface area contributed by atoms with Crippen molar-refractivity contribution in [1.29, 1.82) is 0 Å². The number of carbonyl (C=O) groups is 1. The summed E-state index contributed by atoms with van der Waals surface area (Å²) in [5.41, 5.74) is 1.19. The monoisotopic (exact) mass is 405 g/mol. The minimum Gasteiger partial charge on any atom is -0.492 e. The number of hydrogen-bond donors (Lipinski definition) is 1. The molecule has 134 valence electrons. The lowest BCUT2D eigenvalue weighted by Gasteiger charge is -2.15. The molecule has 2 aromatic rings. The van der Waals surface area contributed by atoms with Gasteiger partial charge in [0.1, 0.15) is 11.5 Å². The highest BCUT2D eigenvalue weighted by molar-refractivity contribution is 9.10. The number of amides is 1. The maximum atomic E-state index is 12.6. The van der Waals surface area contributed by atoms with E-state index in [1.165, 1.54) is 0 Å². The molecule has 0 radical (unpaired) electrons. The SMILES string of the molecule is CC(C)COc1ccc(C(=O)Nc2ccccc2OC(C)C)cc1Br. The van der Waals surface area contributed by atoms with Gasteiger partial charge in [0, 0.05) is 5.56 Å². The summed E-state index contributed by atoms with van der Waals surface area (Å²) >= 11 is 3.47. The molecule has 0 spiro atoms. The van der Waals surface area contributed by atoms with Crippen LogP contribution >= 0.6 is 15.9 Å². The first-order chi connectivity index (χ1) is 11.9.